The van der Waals surface area contributed by atoms with E-state index in [2.05, 4.69) is 42.2 Å². The first kappa shape index (κ1) is 13.1. The summed E-state index contributed by atoms with van der Waals surface area (Å²) in [5.74, 6) is 0. The molecule has 1 nitrogen and oxygen atoms in total. The monoisotopic (exact) mass is 241 g/mol. The first-order valence-electron chi connectivity index (χ1n) is 7.24. The molecular formula is C17H23N. The maximum absolute atomic E-state index is 4.41. The van der Waals surface area contributed by atoms with E-state index >= 15 is 0 Å². The van der Waals surface area contributed by atoms with E-state index in [1.165, 1.54) is 55.9 Å². The minimum absolute atomic E-state index is 1.13. The zero-order valence-corrected chi connectivity index (χ0v) is 11.4. The third-order valence-electron chi connectivity index (χ3n) is 3.54. The topological polar surface area (TPSA) is 12.9 Å². The van der Waals surface area contributed by atoms with Gasteiger partial charge in [0.1, 0.15) is 0 Å². The molecule has 2 aromatic rings. The average Bonchev–Trinajstić information content (AvgIpc) is 2.43. The molecule has 0 aliphatic rings. The Bertz CT molecular complexity index is 470. The van der Waals surface area contributed by atoms with E-state index in [1.807, 2.05) is 6.20 Å². The number of nitrogens with zero attached hydrogens (tertiary/aromatic N) is 1. The quantitative estimate of drug-likeness (QED) is 0.612. The van der Waals surface area contributed by atoms with E-state index in [-0.39, 0.29) is 0 Å². The third kappa shape index (κ3) is 3.56. The molecule has 0 radical (unpaired) electrons. The van der Waals surface area contributed by atoms with Gasteiger partial charge in [-0.3, -0.25) is 4.98 Å². The first-order chi connectivity index (χ1) is 8.92. The van der Waals surface area contributed by atoms with E-state index in [0.29, 0.717) is 0 Å². The Labute approximate surface area is 110 Å². The predicted octanol–water partition coefficient (Wildman–Crippen LogP) is 5.14. The average molecular weight is 241 g/mol. The van der Waals surface area contributed by atoms with Crippen molar-refractivity contribution in [3.63, 3.8) is 0 Å². The Morgan fingerprint density at radius 1 is 0.889 bits per heavy atom. The van der Waals surface area contributed by atoms with Crippen LogP contribution in [-0.2, 0) is 6.42 Å². The van der Waals surface area contributed by atoms with Gasteiger partial charge in [0.25, 0.3) is 0 Å². The van der Waals surface area contributed by atoms with E-state index in [4.69, 9.17) is 0 Å². The molecule has 96 valence electrons. The molecule has 0 atom stereocenters. The number of hydrogen-bond acceptors (Lipinski definition) is 1. The minimum atomic E-state index is 1.13. The summed E-state index contributed by atoms with van der Waals surface area (Å²) in [7, 11) is 0. The molecule has 0 bridgehead atoms. The van der Waals surface area contributed by atoms with Crippen LogP contribution < -0.4 is 0 Å². The Kier molecular flexibility index (Phi) is 5.19. The lowest BCUT2D eigenvalue weighted by Gasteiger charge is -2.05. The Morgan fingerprint density at radius 2 is 1.67 bits per heavy atom. The number of benzene rings is 1. The van der Waals surface area contributed by atoms with Crippen LogP contribution in [0.3, 0.4) is 0 Å². The number of hydrogen-bond donors (Lipinski definition) is 0. The fourth-order valence-electron chi connectivity index (χ4n) is 2.47. The molecule has 0 aliphatic carbocycles. The second kappa shape index (κ2) is 7.15. The van der Waals surface area contributed by atoms with Crippen LogP contribution in [0.25, 0.3) is 10.9 Å². The zero-order valence-electron chi connectivity index (χ0n) is 11.4. The molecule has 0 aliphatic heterocycles. The number of fused-ring (bicyclic) bond motifs is 1. The van der Waals surface area contributed by atoms with Crippen molar-refractivity contribution in [3.8, 4) is 0 Å². The van der Waals surface area contributed by atoms with Gasteiger partial charge in [-0.25, -0.2) is 0 Å². The smallest absolute Gasteiger partial charge is 0.0704 e. The Balaban J connectivity index is 1.88. The molecule has 2 rings (SSSR count). The second-order valence-electron chi connectivity index (χ2n) is 5.00. The minimum Gasteiger partial charge on any atom is -0.256 e. The molecule has 0 N–H and O–H groups in total. The van der Waals surface area contributed by atoms with Gasteiger partial charge in [-0.05, 0) is 30.5 Å². The Morgan fingerprint density at radius 3 is 2.56 bits per heavy atom. The van der Waals surface area contributed by atoms with Crippen LogP contribution in [-0.4, -0.2) is 4.98 Å². The third-order valence-corrected chi connectivity index (χ3v) is 3.54. The fraction of sp³-hybridized carbons (Fsp3) is 0.471. The molecule has 0 fully saturated rings. The maximum atomic E-state index is 4.41. The number of para-hydroxylation sites is 1. The van der Waals surface area contributed by atoms with Gasteiger partial charge in [0.05, 0.1) is 5.52 Å². The highest BCUT2D eigenvalue weighted by Gasteiger charge is 2.00. The van der Waals surface area contributed by atoms with E-state index < -0.39 is 0 Å². The molecule has 0 amide bonds. The number of rotatable bonds is 7. The molecular weight excluding hydrogens is 218 g/mol. The summed E-state index contributed by atoms with van der Waals surface area (Å²) in [5.41, 5.74) is 2.58. The van der Waals surface area contributed by atoms with Crippen LogP contribution in [0.15, 0.2) is 36.5 Å². The van der Waals surface area contributed by atoms with Gasteiger partial charge in [-0.1, -0.05) is 57.2 Å². The number of aromatic nitrogens is 1. The van der Waals surface area contributed by atoms with Gasteiger partial charge in [0.2, 0.25) is 0 Å². The van der Waals surface area contributed by atoms with Crippen molar-refractivity contribution in [1.82, 2.24) is 4.98 Å². The van der Waals surface area contributed by atoms with Crippen molar-refractivity contribution in [2.45, 2.75) is 51.9 Å². The molecule has 1 aromatic heterocycles. The van der Waals surface area contributed by atoms with Gasteiger partial charge in [-0.2, -0.15) is 0 Å². The molecule has 0 unspecified atom stereocenters. The molecule has 1 aromatic carbocycles. The van der Waals surface area contributed by atoms with Gasteiger partial charge >= 0.3 is 0 Å². The summed E-state index contributed by atoms with van der Waals surface area (Å²) in [5, 5.41) is 1.33. The lowest BCUT2D eigenvalue weighted by Crippen LogP contribution is -1.90. The van der Waals surface area contributed by atoms with Crippen molar-refractivity contribution < 1.29 is 0 Å². The molecule has 0 saturated heterocycles. The summed E-state index contributed by atoms with van der Waals surface area (Å²) < 4.78 is 0. The summed E-state index contributed by atoms with van der Waals surface area (Å²) in [6.07, 6.45) is 11.3. The van der Waals surface area contributed by atoms with Crippen molar-refractivity contribution in [2.75, 3.05) is 0 Å². The van der Waals surface area contributed by atoms with Crippen molar-refractivity contribution in [2.24, 2.45) is 0 Å². The number of unbranched alkanes of at least 4 members (excludes halogenated alkanes) is 5. The fourth-order valence-corrected chi connectivity index (χ4v) is 2.47. The molecule has 18 heavy (non-hydrogen) atoms. The maximum Gasteiger partial charge on any atom is 0.0704 e. The van der Waals surface area contributed by atoms with E-state index in [1.54, 1.807) is 0 Å². The normalized spacial score (nSPS) is 10.9. The highest BCUT2D eigenvalue weighted by molar-refractivity contribution is 5.81. The van der Waals surface area contributed by atoms with E-state index in [9.17, 15) is 0 Å². The van der Waals surface area contributed by atoms with Gasteiger partial charge < -0.3 is 0 Å². The van der Waals surface area contributed by atoms with Crippen LogP contribution in [0.4, 0.5) is 0 Å². The van der Waals surface area contributed by atoms with Crippen molar-refractivity contribution >= 4 is 10.9 Å². The Hall–Kier alpha value is -1.37. The molecule has 0 saturated carbocycles. The van der Waals surface area contributed by atoms with Gasteiger partial charge in [0.15, 0.2) is 0 Å². The zero-order chi connectivity index (χ0) is 12.6. The highest BCUT2D eigenvalue weighted by Crippen LogP contribution is 2.18. The largest absolute Gasteiger partial charge is 0.256 e. The van der Waals surface area contributed by atoms with Gasteiger partial charge in [-0.15, -0.1) is 0 Å². The predicted molar refractivity (Wildman–Crippen MR) is 78.8 cm³/mol. The summed E-state index contributed by atoms with van der Waals surface area (Å²) in [6.45, 7) is 2.27. The lowest BCUT2D eigenvalue weighted by atomic mass is 10.0. The summed E-state index contributed by atoms with van der Waals surface area (Å²) >= 11 is 0. The van der Waals surface area contributed by atoms with Crippen LogP contribution >= 0.6 is 0 Å². The molecule has 1 heterocycles. The van der Waals surface area contributed by atoms with Crippen molar-refractivity contribution in [3.05, 3.63) is 42.1 Å². The first-order valence-corrected chi connectivity index (χ1v) is 7.24. The van der Waals surface area contributed by atoms with Crippen LogP contribution in [0.1, 0.15) is 51.0 Å². The standard InChI is InChI=1S/C17H23N/c1-2-3-4-5-6-7-10-15-13-14-18-17-12-9-8-11-16(15)17/h8-9,11-14H,2-7,10H2,1H3. The van der Waals surface area contributed by atoms with Crippen LogP contribution in [0.5, 0.6) is 0 Å². The number of pyridine rings is 1. The summed E-state index contributed by atoms with van der Waals surface area (Å²) in [6, 6.07) is 10.6. The molecule has 0 spiro atoms. The molecule has 1 heteroatoms. The van der Waals surface area contributed by atoms with Gasteiger partial charge in [0, 0.05) is 11.6 Å². The van der Waals surface area contributed by atoms with E-state index in [0.717, 1.165) is 5.52 Å². The lowest BCUT2D eigenvalue weighted by molar-refractivity contribution is 0.608. The van der Waals surface area contributed by atoms with Crippen LogP contribution in [0, 0.1) is 0 Å². The number of aryl methyl sites for hydroxylation is 1. The SMILES string of the molecule is CCCCCCCCc1ccnc2ccccc12. The highest BCUT2D eigenvalue weighted by atomic mass is 14.6. The van der Waals surface area contributed by atoms with Crippen LogP contribution in [0.2, 0.25) is 0 Å². The van der Waals surface area contributed by atoms with Crippen molar-refractivity contribution in [1.29, 1.82) is 0 Å². The summed E-state index contributed by atoms with van der Waals surface area (Å²) in [4.78, 5) is 4.41. The second-order valence-corrected chi connectivity index (χ2v) is 5.00.